The molecule has 0 saturated carbocycles. The van der Waals surface area contributed by atoms with Gasteiger partial charge in [-0.1, -0.05) is 23.8 Å². The summed E-state index contributed by atoms with van der Waals surface area (Å²) in [4.78, 5) is 12.3. The molecular formula is C22H26N4O3S. The van der Waals surface area contributed by atoms with Crippen LogP contribution in [0.2, 0.25) is 0 Å². The number of rotatable bonds is 5. The molecule has 0 bridgehead atoms. The van der Waals surface area contributed by atoms with Crippen molar-refractivity contribution in [3.8, 4) is 17.0 Å². The second-order valence-electron chi connectivity index (χ2n) is 7.93. The van der Waals surface area contributed by atoms with E-state index in [0.29, 0.717) is 18.6 Å². The summed E-state index contributed by atoms with van der Waals surface area (Å²) in [7, 11) is -3.34. The van der Waals surface area contributed by atoms with Gasteiger partial charge in [0.2, 0.25) is 10.0 Å². The smallest absolute Gasteiger partial charge is 0.212 e. The highest BCUT2D eigenvalue weighted by atomic mass is 32.2. The van der Waals surface area contributed by atoms with Crippen LogP contribution in [0.25, 0.3) is 22.3 Å². The molecule has 158 valence electrons. The van der Waals surface area contributed by atoms with E-state index in [4.69, 9.17) is 4.74 Å². The fraction of sp³-hybridized carbons (Fsp3) is 0.364. The first kappa shape index (κ1) is 20.6. The van der Waals surface area contributed by atoms with Crippen molar-refractivity contribution in [3.63, 3.8) is 0 Å². The molecule has 8 heteroatoms. The standard InChI is InChI=1S/C22H26N4O3S/c1-14(2)29-20-9-8-15(3)11-16(20)21-17-12-18(25-22(17)24-13-23-21)19-7-5-6-10-26(19)30(4,27)28/h5-6,8-9,11-14,19H,7,10H2,1-4H3,(H,23,24,25). The van der Waals surface area contributed by atoms with Crippen LogP contribution in [0.5, 0.6) is 5.75 Å². The molecule has 2 aromatic heterocycles. The molecule has 30 heavy (non-hydrogen) atoms. The van der Waals surface area contributed by atoms with Crippen LogP contribution in [0, 0.1) is 6.92 Å². The molecule has 0 saturated heterocycles. The minimum absolute atomic E-state index is 0.0305. The number of H-pyrrole nitrogens is 1. The molecule has 1 aromatic carbocycles. The maximum atomic E-state index is 12.3. The van der Waals surface area contributed by atoms with Crippen molar-refractivity contribution < 1.29 is 13.2 Å². The predicted octanol–water partition coefficient (Wildman–Crippen LogP) is 3.98. The van der Waals surface area contributed by atoms with Gasteiger partial charge in [-0.3, -0.25) is 0 Å². The number of aryl methyl sites for hydroxylation is 1. The van der Waals surface area contributed by atoms with Crippen LogP contribution in [0.4, 0.5) is 0 Å². The quantitative estimate of drug-likeness (QED) is 0.624. The van der Waals surface area contributed by atoms with Gasteiger partial charge in [-0.05, 0) is 45.4 Å². The molecule has 1 aliphatic heterocycles. The molecule has 0 radical (unpaired) electrons. The summed E-state index contributed by atoms with van der Waals surface area (Å²) in [6.45, 7) is 6.37. The van der Waals surface area contributed by atoms with Gasteiger partial charge in [-0.15, -0.1) is 0 Å². The Bertz CT molecular complexity index is 1210. The Morgan fingerprint density at radius 1 is 1.20 bits per heavy atom. The molecular weight excluding hydrogens is 400 g/mol. The van der Waals surface area contributed by atoms with Gasteiger partial charge in [0.25, 0.3) is 0 Å². The predicted molar refractivity (Wildman–Crippen MR) is 118 cm³/mol. The van der Waals surface area contributed by atoms with Gasteiger partial charge in [0.1, 0.15) is 17.7 Å². The number of benzene rings is 1. The summed E-state index contributed by atoms with van der Waals surface area (Å²) in [5, 5.41) is 0.842. The SMILES string of the molecule is Cc1ccc(OC(C)C)c(-c2ncnc3[nH]c(C4CC=CCN4S(C)(=O)=O)cc23)c1. The summed E-state index contributed by atoms with van der Waals surface area (Å²) in [5.74, 6) is 0.761. The highest BCUT2D eigenvalue weighted by Gasteiger charge is 2.30. The van der Waals surface area contributed by atoms with Crippen molar-refractivity contribution in [1.82, 2.24) is 19.3 Å². The first-order chi connectivity index (χ1) is 14.2. The van der Waals surface area contributed by atoms with Crippen LogP contribution in [-0.2, 0) is 10.0 Å². The molecule has 3 aromatic rings. The number of aromatic nitrogens is 3. The Balaban J connectivity index is 1.85. The number of aromatic amines is 1. The van der Waals surface area contributed by atoms with Gasteiger partial charge in [0, 0.05) is 23.2 Å². The lowest BCUT2D eigenvalue weighted by molar-refractivity contribution is 0.243. The number of fused-ring (bicyclic) bond motifs is 1. The number of sulfonamides is 1. The molecule has 0 aliphatic carbocycles. The van der Waals surface area contributed by atoms with Crippen molar-refractivity contribution in [3.05, 3.63) is 54.0 Å². The summed E-state index contributed by atoms with van der Waals surface area (Å²) >= 11 is 0. The molecule has 0 fully saturated rings. The topological polar surface area (TPSA) is 88.2 Å². The van der Waals surface area contributed by atoms with E-state index in [1.807, 2.05) is 51.1 Å². The van der Waals surface area contributed by atoms with Crippen molar-refractivity contribution in [2.75, 3.05) is 12.8 Å². The third kappa shape index (κ3) is 3.97. The molecule has 0 spiro atoms. The number of nitrogens with zero attached hydrogens (tertiary/aromatic N) is 3. The maximum absolute atomic E-state index is 12.3. The normalized spacial score (nSPS) is 17.7. The summed E-state index contributed by atoms with van der Waals surface area (Å²) in [5.41, 5.74) is 4.24. The van der Waals surface area contributed by atoms with E-state index < -0.39 is 10.0 Å². The van der Waals surface area contributed by atoms with Crippen LogP contribution < -0.4 is 4.74 Å². The molecule has 3 heterocycles. The van der Waals surface area contributed by atoms with E-state index in [9.17, 15) is 8.42 Å². The highest BCUT2D eigenvalue weighted by Crippen LogP contribution is 2.37. The van der Waals surface area contributed by atoms with Gasteiger partial charge in [0.15, 0.2) is 0 Å². The Labute approximate surface area is 176 Å². The van der Waals surface area contributed by atoms with Crippen LogP contribution in [-0.4, -0.2) is 46.6 Å². The van der Waals surface area contributed by atoms with Crippen LogP contribution in [0.3, 0.4) is 0 Å². The number of ether oxygens (including phenoxy) is 1. The van der Waals surface area contributed by atoms with Gasteiger partial charge < -0.3 is 9.72 Å². The highest BCUT2D eigenvalue weighted by molar-refractivity contribution is 7.88. The summed E-state index contributed by atoms with van der Waals surface area (Å²) < 4.78 is 32.1. The zero-order chi connectivity index (χ0) is 21.5. The maximum Gasteiger partial charge on any atom is 0.212 e. The third-order valence-corrected chi connectivity index (χ3v) is 6.40. The lowest BCUT2D eigenvalue weighted by atomic mass is 10.0. The lowest BCUT2D eigenvalue weighted by Crippen LogP contribution is -2.36. The van der Waals surface area contributed by atoms with Crippen molar-refractivity contribution >= 4 is 21.1 Å². The first-order valence-corrected chi connectivity index (χ1v) is 11.8. The Kier molecular flexibility index (Phi) is 5.38. The average Bonchev–Trinajstić information content (AvgIpc) is 3.13. The van der Waals surface area contributed by atoms with Gasteiger partial charge >= 0.3 is 0 Å². The van der Waals surface area contributed by atoms with Crippen molar-refractivity contribution in [2.24, 2.45) is 0 Å². The molecule has 1 atom stereocenters. The Morgan fingerprint density at radius 3 is 2.73 bits per heavy atom. The molecule has 1 aliphatic rings. The third-order valence-electron chi connectivity index (χ3n) is 5.14. The molecule has 4 rings (SSSR count). The minimum Gasteiger partial charge on any atom is -0.490 e. The number of hydrogen-bond donors (Lipinski definition) is 1. The van der Waals surface area contributed by atoms with E-state index >= 15 is 0 Å². The second kappa shape index (κ2) is 7.85. The van der Waals surface area contributed by atoms with Gasteiger partial charge in [0.05, 0.1) is 24.1 Å². The lowest BCUT2D eigenvalue weighted by Gasteiger charge is -2.30. The van der Waals surface area contributed by atoms with Crippen LogP contribution in [0.15, 0.2) is 42.7 Å². The monoisotopic (exact) mass is 426 g/mol. The zero-order valence-corrected chi connectivity index (χ0v) is 18.4. The fourth-order valence-corrected chi connectivity index (χ4v) is 4.86. The number of hydrogen-bond acceptors (Lipinski definition) is 5. The first-order valence-electron chi connectivity index (χ1n) is 9.97. The van der Waals surface area contributed by atoms with Crippen LogP contribution >= 0.6 is 0 Å². The molecule has 1 unspecified atom stereocenters. The number of nitrogens with one attached hydrogen (secondary N) is 1. The minimum atomic E-state index is -3.34. The Morgan fingerprint density at radius 2 is 2.00 bits per heavy atom. The molecule has 1 N–H and O–H groups in total. The van der Waals surface area contributed by atoms with E-state index in [2.05, 4.69) is 21.0 Å². The summed E-state index contributed by atoms with van der Waals surface area (Å²) in [6.07, 6.45) is 7.30. The Hall–Kier alpha value is -2.71. The zero-order valence-electron chi connectivity index (χ0n) is 17.6. The van der Waals surface area contributed by atoms with Gasteiger partial charge in [-0.25, -0.2) is 18.4 Å². The van der Waals surface area contributed by atoms with E-state index in [1.165, 1.54) is 16.9 Å². The molecule has 0 amide bonds. The van der Waals surface area contributed by atoms with E-state index in [0.717, 1.165) is 33.7 Å². The van der Waals surface area contributed by atoms with E-state index in [1.54, 1.807) is 0 Å². The van der Waals surface area contributed by atoms with E-state index in [-0.39, 0.29) is 12.1 Å². The van der Waals surface area contributed by atoms with Crippen molar-refractivity contribution in [1.29, 1.82) is 0 Å². The molecule has 7 nitrogen and oxygen atoms in total. The van der Waals surface area contributed by atoms with Crippen LogP contribution in [0.1, 0.15) is 37.6 Å². The largest absolute Gasteiger partial charge is 0.490 e. The second-order valence-corrected chi connectivity index (χ2v) is 9.87. The summed E-state index contributed by atoms with van der Waals surface area (Å²) in [6, 6.07) is 7.70. The van der Waals surface area contributed by atoms with Crippen molar-refractivity contribution in [2.45, 2.75) is 39.3 Å². The average molecular weight is 427 g/mol. The van der Waals surface area contributed by atoms with Gasteiger partial charge in [-0.2, -0.15) is 4.31 Å². The fourth-order valence-electron chi connectivity index (χ4n) is 3.84.